The van der Waals surface area contributed by atoms with E-state index in [1.54, 1.807) is 20.8 Å². The lowest BCUT2D eigenvalue weighted by Crippen LogP contribution is -2.56. The van der Waals surface area contributed by atoms with Gasteiger partial charge in [-0.05, 0) is 41.0 Å². The van der Waals surface area contributed by atoms with Gasteiger partial charge in [-0.3, -0.25) is 4.79 Å². The number of amides is 1. The van der Waals surface area contributed by atoms with Crippen LogP contribution in [-0.2, 0) is 14.8 Å². The van der Waals surface area contributed by atoms with Crippen molar-refractivity contribution in [2.75, 3.05) is 12.8 Å². The van der Waals surface area contributed by atoms with Crippen molar-refractivity contribution in [3.8, 4) is 0 Å². The van der Waals surface area contributed by atoms with Crippen molar-refractivity contribution in [2.24, 2.45) is 0 Å². The lowest BCUT2D eigenvalue weighted by molar-refractivity contribution is -0.124. The molecule has 0 aromatic heterocycles. The molecule has 20 heavy (non-hydrogen) atoms. The number of hydrogen-bond donors (Lipinski definition) is 3. The average Bonchev–Trinajstić information content (AvgIpc) is 2.22. The van der Waals surface area contributed by atoms with Crippen LogP contribution >= 0.6 is 0 Å². The molecule has 1 unspecified atom stereocenters. The lowest BCUT2D eigenvalue weighted by Gasteiger charge is -2.29. The topological polar surface area (TPSA) is 87.3 Å². The summed E-state index contributed by atoms with van der Waals surface area (Å²) >= 11 is 0. The van der Waals surface area contributed by atoms with Crippen LogP contribution in [0.5, 0.6) is 0 Å². The van der Waals surface area contributed by atoms with Crippen LogP contribution < -0.4 is 15.4 Å². The fourth-order valence-electron chi connectivity index (χ4n) is 1.57. The van der Waals surface area contributed by atoms with Gasteiger partial charge in [0.15, 0.2) is 0 Å². The highest BCUT2D eigenvalue weighted by atomic mass is 32.2. The van der Waals surface area contributed by atoms with Crippen molar-refractivity contribution in [1.82, 2.24) is 15.4 Å². The number of rotatable bonds is 8. The molecule has 0 radical (unpaired) electrons. The highest BCUT2D eigenvalue weighted by molar-refractivity contribution is 7.88. The van der Waals surface area contributed by atoms with Crippen molar-refractivity contribution in [3.05, 3.63) is 0 Å². The van der Waals surface area contributed by atoms with Crippen molar-refractivity contribution in [1.29, 1.82) is 0 Å². The smallest absolute Gasteiger partial charge is 0.237 e. The van der Waals surface area contributed by atoms with Crippen LogP contribution in [0, 0.1) is 0 Å². The Morgan fingerprint density at radius 2 is 1.65 bits per heavy atom. The van der Waals surface area contributed by atoms with E-state index in [0.717, 1.165) is 12.7 Å². The van der Waals surface area contributed by atoms with Gasteiger partial charge in [-0.15, -0.1) is 0 Å². The van der Waals surface area contributed by atoms with E-state index in [2.05, 4.69) is 15.4 Å². The molecule has 0 fully saturated rings. The first-order valence-electron chi connectivity index (χ1n) is 6.82. The molecule has 120 valence electrons. The van der Waals surface area contributed by atoms with E-state index < -0.39 is 15.6 Å². The van der Waals surface area contributed by atoms with Crippen LogP contribution in [0.1, 0.15) is 48.0 Å². The minimum absolute atomic E-state index is 0.0907. The first kappa shape index (κ1) is 19.3. The molecule has 0 aromatic rings. The third-order valence-electron chi connectivity index (χ3n) is 3.05. The summed E-state index contributed by atoms with van der Waals surface area (Å²) in [4.78, 5) is 12.0. The zero-order valence-corrected chi connectivity index (χ0v) is 14.4. The summed E-state index contributed by atoms with van der Waals surface area (Å²) in [6, 6.07) is -0.388. The summed E-state index contributed by atoms with van der Waals surface area (Å²) in [5, 5.41) is 6.00. The van der Waals surface area contributed by atoms with E-state index in [9.17, 15) is 13.2 Å². The van der Waals surface area contributed by atoms with E-state index in [1.807, 2.05) is 20.8 Å². The number of nitrogens with one attached hydrogen (secondary N) is 3. The van der Waals surface area contributed by atoms with Crippen LogP contribution in [0.4, 0.5) is 0 Å². The Bertz CT molecular complexity index is 430. The minimum Gasteiger partial charge on any atom is -0.350 e. The van der Waals surface area contributed by atoms with E-state index in [1.165, 1.54) is 0 Å². The van der Waals surface area contributed by atoms with Gasteiger partial charge in [0.25, 0.3) is 0 Å². The zero-order chi connectivity index (χ0) is 16.2. The normalized spacial score (nSPS) is 14.9. The zero-order valence-electron chi connectivity index (χ0n) is 13.6. The van der Waals surface area contributed by atoms with Crippen LogP contribution in [0.15, 0.2) is 0 Å². The van der Waals surface area contributed by atoms with Gasteiger partial charge >= 0.3 is 0 Å². The van der Waals surface area contributed by atoms with Gasteiger partial charge in [0.05, 0.1) is 12.3 Å². The fraction of sp³-hybridized carbons (Fsp3) is 0.923. The molecule has 1 atom stereocenters. The third kappa shape index (κ3) is 8.50. The number of carbonyl (C=O) groups excluding carboxylic acids is 1. The first-order chi connectivity index (χ1) is 8.78. The van der Waals surface area contributed by atoms with Gasteiger partial charge in [0.1, 0.15) is 0 Å². The van der Waals surface area contributed by atoms with Crippen LogP contribution in [0.3, 0.4) is 0 Å². The van der Waals surface area contributed by atoms with Gasteiger partial charge in [0, 0.05) is 17.6 Å². The van der Waals surface area contributed by atoms with Gasteiger partial charge in [-0.1, -0.05) is 6.92 Å². The summed E-state index contributed by atoms with van der Waals surface area (Å²) < 4.78 is 25.0. The molecule has 6 nitrogen and oxygen atoms in total. The third-order valence-corrected chi connectivity index (χ3v) is 3.97. The molecule has 0 bridgehead atoms. The number of sulfonamides is 1. The average molecular weight is 307 g/mol. The summed E-state index contributed by atoms with van der Waals surface area (Å²) in [5.74, 6) is -0.0907. The Morgan fingerprint density at radius 1 is 1.15 bits per heavy atom. The molecule has 0 saturated carbocycles. The van der Waals surface area contributed by atoms with Crippen molar-refractivity contribution < 1.29 is 13.2 Å². The monoisotopic (exact) mass is 307 g/mol. The summed E-state index contributed by atoms with van der Waals surface area (Å²) in [6.45, 7) is 11.6. The second-order valence-corrected chi connectivity index (χ2v) is 8.34. The molecule has 3 N–H and O–H groups in total. The molecular formula is C13H29N3O3S. The van der Waals surface area contributed by atoms with Crippen molar-refractivity contribution in [3.63, 3.8) is 0 Å². The van der Waals surface area contributed by atoms with E-state index in [-0.39, 0.29) is 17.5 Å². The molecule has 0 aliphatic carbocycles. The van der Waals surface area contributed by atoms with Gasteiger partial charge in [0.2, 0.25) is 15.9 Å². The molecule has 0 saturated heterocycles. The Labute approximate surface area is 123 Å². The molecule has 0 rings (SSSR count). The maximum absolute atomic E-state index is 12.0. The highest BCUT2D eigenvalue weighted by Gasteiger charge is 2.25. The van der Waals surface area contributed by atoms with Crippen LogP contribution in [-0.4, -0.2) is 44.2 Å². The summed E-state index contributed by atoms with van der Waals surface area (Å²) in [5.41, 5.74) is -0.893. The second-order valence-electron chi connectivity index (χ2n) is 6.59. The summed E-state index contributed by atoms with van der Waals surface area (Å²) in [7, 11) is -3.27. The number of carbonyl (C=O) groups is 1. The molecule has 0 spiro atoms. The Kier molecular flexibility index (Phi) is 6.64. The molecule has 0 heterocycles. The first-order valence-corrected chi connectivity index (χ1v) is 8.71. The maximum Gasteiger partial charge on any atom is 0.237 e. The second kappa shape index (κ2) is 6.87. The highest BCUT2D eigenvalue weighted by Crippen LogP contribution is 2.07. The van der Waals surface area contributed by atoms with E-state index in [0.29, 0.717) is 6.54 Å². The van der Waals surface area contributed by atoms with E-state index >= 15 is 0 Å². The maximum atomic E-state index is 12.0. The largest absolute Gasteiger partial charge is 0.350 e. The molecule has 0 aromatic carbocycles. The van der Waals surface area contributed by atoms with Crippen molar-refractivity contribution >= 4 is 15.9 Å². The SMILES string of the molecule is CCC(C)(C)NC(=O)C(C)NCC(C)(C)NS(C)(=O)=O. The minimum atomic E-state index is -3.27. The predicted octanol–water partition coefficient (Wildman–Crippen LogP) is 0.597. The molecule has 0 aliphatic heterocycles. The molecular weight excluding hydrogens is 278 g/mol. The summed E-state index contributed by atoms with van der Waals surface area (Å²) in [6.07, 6.45) is 1.96. The van der Waals surface area contributed by atoms with Gasteiger partial charge in [-0.25, -0.2) is 13.1 Å². The lowest BCUT2D eigenvalue weighted by atomic mass is 10.0. The predicted molar refractivity (Wildman–Crippen MR) is 82.0 cm³/mol. The van der Waals surface area contributed by atoms with Crippen molar-refractivity contribution in [2.45, 2.75) is 65.1 Å². The quantitative estimate of drug-likeness (QED) is 0.613. The fourth-order valence-corrected chi connectivity index (χ4v) is 2.65. The molecule has 1 amide bonds. The Hall–Kier alpha value is -0.660. The van der Waals surface area contributed by atoms with Gasteiger partial charge < -0.3 is 10.6 Å². The Balaban J connectivity index is 4.42. The Morgan fingerprint density at radius 3 is 2.05 bits per heavy atom. The van der Waals surface area contributed by atoms with Crippen LogP contribution in [0.25, 0.3) is 0 Å². The van der Waals surface area contributed by atoms with Crippen LogP contribution in [0.2, 0.25) is 0 Å². The van der Waals surface area contributed by atoms with E-state index in [4.69, 9.17) is 0 Å². The number of hydrogen-bond acceptors (Lipinski definition) is 4. The molecule has 7 heteroatoms. The van der Waals surface area contributed by atoms with Gasteiger partial charge in [-0.2, -0.15) is 0 Å². The standard InChI is InChI=1S/C13H29N3O3S/c1-8-12(3,4)15-11(17)10(2)14-9-13(5,6)16-20(7,18)19/h10,14,16H,8-9H2,1-7H3,(H,15,17). The molecule has 0 aliphatic rings.